The molecule has 0 aliphatic carbocycles. The van der Waals surface area contributed by atoms with Gasteiger partial charge in [0.25, 0.3) is 0 Å². The summed E-state index contributed by atoms with van der Waals surface area (Å²) in [5.41, 5.74) is 5.10. The van der Waals surface area contributed by atoms with E-state index in [-0.39, 0.29) is 5.69 Å². The average Bonchev–Trinajstić information content (AvgIpc) is 2.61. The average molecular weight is 254 g/mol. The first kappa shape index (κ1) is 12.6. The minimum absolute atomic E-state index is 0.200. The highest BCUT2D eigenvalue weighted by atomic mass is 19.1. The van der Waals surface area contributed by atoms with Crippen LogP contribution in [0.4, 0.5) is 15.8 Å². The van der Waals surface area contributed by atoms with Gasteiger partial charge in [0.1, 0.15) is 5.82 Å². The number of β-amino-alcohol motifs (C(OH)–C–C–N with tert-alkyl or cyclic N) is 1. The Kier molecular flexibility index (Phi) is 2.90. The molecule has 0 radical (unpaired) electrons. The summed E-state index contributed by atoms with van der Waals surface area (Å²) in [6.45, 7) is 2.61. The third-order valence-electron chi connectivity index (χ3n) is 3.14. The molecule has 5 nitrogen and oxygen atoms in total. The number of carbonyl (C=O) groups is 1. The number of carboxylic acid groups (broad SMARTS) is 1. The van der Waals surface area contributed by atoms with Gasteiger partial charge in [-0.3, -0.25) is 0 Å². The highest BCUT2D eigenvalue weighted by Crippen LogP contribution is 2.32. The van der Waals surface area contributed by atoms with Crippen molar-refractivity contribution in [1.82, 2.24) is 0 Å². The van der Waals surface area contributed by atoms with E-state index in [1.54, 1.807) is 11.8 Å². The fourth-order valence-electron chi connectivity index (χ4n) is 2.17. The number of anilines is 2. The van der Waals surface area contributed by atoms with Gasteiger partial charge in [-0.05, 0) is 19.4 Å². The van der Waals surface area contributed by atoms with Crippen LogP contribution < -0.4 is 10.6 Å². The lowest BCUT2D eigenvalue weighted by atomic mass is 10.1. The SMILES string of the molecule is CC1(O)CCN(c2cc(F)c(C(=O)O)cc2N)C1. The summed E-state index contributed by atoms with van der Waals surface area (Å²) >= 11 is 0. The van der Waals surface area contributed by atoms with Gasteiger partial charge in [0.15, 0.2) is 0 Å². The predicted octanol–water partition coefficient (Wildman–Crippen LogP) is 1.07. The van der Waals surface area contributed by atoms with Gasteiger partial charge in [0.05, 0.1) is 22.5 Å². The van der Waals surface area contributed by atoms with Gasteiger partial charge in [-0.2, -0.15) is 0 Å². The van der Waals surface area contributed by atoms with Crippen LogP contribution >= 0.6 is 0 Å². The zero-order valence-electron chi connectivity index (χ0n) is 9.98. The summed E-state index contributed by atoms with van der Waals surface area (Å²) < 4.78 is 13.6. The van der Waals surface area contributed by atoms with Gasteiger partial charge in [-0.15, -0.1) is 0 Å². The number of hydrogen-bond donors (Lipinski definition) is 3. The Morgan fingerprint density at radius 2 is 2.22 bits per heavy atom. The van der Waals surface area contributed by atoms with Gasteiger partial charge < -0.3 is 20.8 Å². The molecule has 1 saturated heterocycles. The second kappa shape index (κ2) is 4.13. The first-order valence-electron chi connectivity index (χ1n) is 5.60. The lowest BCUT2D eigenvalue weighted by Gasteiger charge is -2.22. The summed E-state index contributed by atoms with van der Waals surface area (Å²) in [5, 5.41) is 18.6. The van der Waals surface area contributed by atoms with E-state index in [2.05, 4.69) is 0 Å². The molecule has 0 aromatic heterocycles. The predicted molar refractivity (Wildman–Crippen MR) is 65.2 cm³/mol. The first-order valence-corrected chi connectivity index (χ1v) is 5.60. The summed E-state index contributed by atoms with van der Waals surface area (Å²) in [7, 11) is 0. The van der Waals surface area contributed by atoms with Crippen molar-refractivity contribution in [1.29, 1.82) is 0 Å². The quantitative estimate of drug-likeness (QED) is 0.687. The number of halogens is 1. The van der Waals surface area contributed by atoms with Crippen LogP contribution in [0.2, 0.25) is 0 Å². The van der Waals surface area contributed by atoms with Crippen molar-refractivity contribution in [3.63, 3.8) is 0 Å². The van der Waals surface area contributed by atoms with E-state index in [9.17, 15) is 14.3 Å². The molecule has 2 rings (SSSR count). The Labute approximate surface area is 104 Å². The fourth-order valence-corrected chi connectivity index (χ4v) is 2.17. The number of carboxylic acids is 1. The van der Waals surface area contributed by atoms with Crippen molar-refractivity contribution in [2.75, 3.05) is 23.7 Å². The maximum atomic E-state index is 13.6. The second-order valence-electron chi connectivity index (χ2n) is 4.86. The molecule has 1 fully saturated rings. The van der Waals surface area contributed by atoms with Crippen molar-refractivity contribution in [2.45, 2.75) is 18.9 Å². The molecule has 0 spiro atoms. The summed E-state index contributed by atoms with van der Waals surface area (Å²) in [5.74, 6) is -2.17. The number of hydrogen-bond acceptors (Lipinski definition) is 4. The van der Waals surface area contributed by atoms with Gasteiger partial charge in [-0.25, -0.2) is 9.18 Å². The van der Waals surface area contributed by atoms with Crippen LogP contribution in [0, 0.1) is 5.82 Å². The molecular weight excluding hydrogens is 239 g/mol. The number of nitrogens with two attached hydrogens (primary N) is 1. The van der Waals surface area contributed by atoms with Crippen molar-refractivity contribution in [3.05, 3.63) is 23.5 Å². The van der Waals surface area contributed by atoms with E-state index in [0.29, 0.717) is 25.2 Å². The standard InChI is InChI=1S/C12H15FN2O3/c1-12(18)2-3-15(6-12)10-5-8(13)7(11(16)17)4-9(10)14/h4-5,18H,2-3,6,14H2,1H3,(H,16,17). The smallest absolute Gasteiger partial charge is 0.338 e. The monoisotopic (exact) mass is 254 g/mol. The third-order valence-corrected chi connectivity index (χ3v) is 3.14. The van der Waals surface area contributed by atoms with E-state index in [4.69, 9.17) is 10.8 Å². The minimum atomic E-state index is -1.35. The van der Waals surface area contributed by atoms with Crippen LogP contribution in [0.3, 0.4) is 0 Å². The lowest BCUT2D eigenvalue weighted by molar-refractivity contribution is 0.0691. The number of aliphatic hydroxyl groups is 1. The maximum Gasteiger partial charge on any atom is 0.338 e. The molecule has 0 bridgehead atoms. The zero-order valence-corrected chi connectivity index (χ0v) is 9.98. The largest absolute Gasteiger partial charge is 0.478 e. The first-order chi connectivity index (χ1) is 8.30. The fraction of sp³-hybridized carbons (Fsp3) is 0.417. The Balaban J connectivity index is 2.36. The molecule has 6 heteroatoms. The summed E-state index contributed by atoms with van der Waals surface area (Å²) in [4.78, 5) is 12.5. The highest BCUT2D eigenvalue weighted by Gasteiger charge is 2.32. The topological polar surface area (TPSA) is 86.8 Å². The summed E-state index contributed by atoms with van der Waals surface area (Å²) in [6, 6.07) is 2.22. The molecular formula is C12H15FN2O3. The van der Waals surface area contributed by atoms with Gasteiger partial charge >= 0.3 is 5.97 Å². The summed E-state index contributed by atoms with van der Waals surface area (Å²) in [6.07, 6.45) is 0.564. The van der Waals surface area contributed by atoms with Crippen LogP contribution in [0.1, 0.15) is 23.7 Å². The Morgan fingerprint density at radius 1 is 1.56 bits per heavy atom. The van der Waals surface area contributed by atoms with Crippen molar-refractivity contribution >= 4 is 17.3 Å². The van der Waals surface area contributed by atoms with Crippen molar-refractivity contribution in [3.8, 4) is 0 Å². The van der Waals surface area contributed by atoms with Crippen LogP contribution in [0.5, 0.6) is 0 Å². The van der Waals surface area contributed by atoms with Crippen LogP contribution in [0.15, 0.2) is 12.1 Å². The number of benzene rings is 1. The van der Waals surface area contributed by atoms with Gasteiger partial charge in [0, 0.05) is 19.2 Å². The molecule has 1 aliphatic rings. The zero-order chi connectivity index (χ0) is 13.5. The van der Waals surface area contributed by atoms with Crippen molar-refractivity contribution < 1.29 is 19.4 Å². The van der Waals surface area contributed by atoms with E-state index in [1.807, 2.05) is 0 Å². The molecule has 1 aliphatic heterocycles. The molecule has 1 aromatic carbocycles. The van der Waals surface area contributed by atoms with Crippen LogP contribution in [0.25, 0.3) is 0 Å². The van der Waals surface area contributed by atoms with E-state index in [0.717, 1.165) is 12.1 Å². The normalized spacial score (nSPS) is 23.4. The molecule has 4 N–H and O–H groups in total. The molecule has 18 heavy (non-hydrogen) atoms. The molecule has 1 unspecified atom stereocenters. The number of nitrogens with zero attached hydrogens (tertiary/aromatic N) is 1. The molecule has 98 valence electrons. The van der Waals surface area contributed by atoms with Crippen LogP contribution in [-0.4, -0.2) is 34.9 Å². The molecule has 1 heterocycles. The number of nitrogen functional groups attached to an aromatic ring is 1. The number of aromatic carboxylic acids is 1. The Hall–Kier alpha value is -1.82. The molecule has 1 aromatic rings. The Morgan fingerprint density at radius 3 is 2.72 bits per heavy atom. The van der Waals surface area contributed by atoms with Crippen molar-refractivity contribution in [2.24, 2.45) is 0 Å². The van der Waals surface area contributed by atoms with Gasteiger partial charge in [0.2, 0.25) is 0 Å². The van der Waals surface area contributed by atoms with E-state index in [1.165, 1.54) is 0 Å². The number of rotatable bonds is 2. The molecule has 1 atom stereocenters. The highest BCUT2D eigenvalue weighted by molar-refractivity contribution is 5.91. The van der Waals surface area contributed by atoms with E-state index < -0.39 is 23.0 Å². The van der Waals surface area contributed by atoms with E-state index >= 15 is 0 Å². The van der Waals surface area contributed by atoms with Crippen LogP contribution in [-0.2, 0) is 0 Å². The third kappa shape index (κ3) is 2.24. The molecule has 0 amide bonds. The lowest BCUT2D eigenvalue weighted by Crippen LogP contribution is -2.30. The minimum Gasteiger partial charge on any atom is -0.478 e. The molecule has 0 saturated carbocycles. The Bertz CT molecular complexity index is 502. The maximum absolute atomic E-state index is 13.6. The van der Waals surface area contributed by atoms with Gasteiger partial charge in [-0.1, -0.05) is 0 Å². The second-order valence-corrected chi connectivity index (χ2v) is 4.86.